The van der Waals surface area contributed by atoms with Gasteiger partial charge in [0.2, 0.25) is 0 Å². The van der Waals surface area contributed by atoms with Gasteiger partial charge in [-0.05, 0) is 37.0 Å². The van der Waals surface area contributed by atoms with E-state index in [2.05, 4.69) is 6.07 Å². The lowest BCUT2D eigenvalue weighted by atomic mass is 9.75. The van der Waals surface area contributed by atoms with Crippen LogP contribution in [0.3, 0.4) is 0 Å². The SMILES string of the molecule is N#Cc1ccc(CC2(N)CCCCC2N)cc1. The second-order valence-corrected chi connectivity index (χ2v) is 5.07. The Balaban J connectivity index is 2.11. The lowest BCUT2D eigenvalue weighted by Crippen LogP contribution is -2.58. The molecule has 1 aromatic carbocycles. The summed E-state index contributed by atoms with van der Waals surface area (Å²) in [4.78, 5) is 0. The van der Waals surface area contributed by atoms with Crippen LogP contribution < -0.4 is 11.5 Å². The van der Waals surface area contributed by atoms with Crippen molar-refractivity contribution in [3.8, 4) is 6.07 Å². The van der Waals surface area contributed by atoms with Gasteiger partial charge >= 0.3 is 0 Å². The standard InChI is InChI=1S/C14H19N3/c15-10-12-6-4-11(5-7-12)9-14(17)8-2-1-3-13(14)16/h4-7,13H,1-3,8-9,16-17H2. The van der Waals surface area contributed by atoms with Crippen LogP contribution in [0.5, 0.6) is 0 Å². The number of hydrogen-bond acceptors (Lipinski definition) is 3. The molecule has 1 aliphatic rings. The van der Waals surface area contributed by atoms with Crippen molar-refractivity contribution in [3.05, 3.63) is 35.4 Å². The maximum Gasteiger partial charge on any atom is 0.0991 e. The van der Waals surface area contributed by atoms with Crippen LogP contribution in [-0.4, -0.2) is 11.6 Å². The van der Waals surface area contributed by atoms with E-state index in [0.29, 0.717) is 5.56 Å². The molecule has 0 amide bonds. The molecule has 0 aromatic heterocycles. The normalized spacial score (nSPS) is 28.6. The van der Waals surface area contributed by atoms with Gasteiger partial charge in [0, 0.05) is 11.6 Å². The summed E-state index contributed by atoms with van der Waals surface area (Å²) in [5, 5.41) is 8.75. The Kier molecular flexibility index (Phi) is 3.46. The van der Waals surface area contributed by atoms with Gasteiger partial charge in [-0.3, -0.25) is 0 Å². The quantitative estimate of drug-likeness (QED) is 0.810. The number of rotatable bonds is 2. The predicted octanol–water partition coefficient (Wildman–Crippen LogP) is 1.70. The zero-order valence-corrected chi connectivity index (χ0v) is 10.0. The molecule has 90 valence electrons. The van der Waals surface area contributed by atoms with Crippen molar-refractivity contribution in [1.29, 1.82) is 5.26 Å². The molecule has 0 heterocycles. The second kappa shape index (κ2) is 4.87. The van der Waals surface area contributed by atoms with E-state index < -0.39 is 0 Å². The van der Waals surface area contributed by atoms with E-state index in [1.54, 1.807) is 0 Å². The minimum atomic E-state index is -0.271. The molecule has 0 spiro atoms. The fourth-order valence-electron chi connectivity index (χ4n) is 2.59. The van der Waals surface area contributed by atoms with Gasteiger partial charge in [0.1, 0.15) is 0 Å². The number of nitrogens with two attached hydrogens (primary N) is 2. The largest absolute Gasteiger partial charge is 0.326 e. The second-order valence-electron chi connectivity index (χ2n) is 5.07. The zero-order valence-electron chi connectivity index (χ0n) is 10.0. The van der Waals surface area contributed by atoms with E-state index in [1.165, 1.54) is 18.4 Å². The van der Waals surface area contributed by atoms with Crippen molar-refractivity contribution in [1.82, 2.24) is 0 Å². The topological polar surface area (TPSA) is 75.8 Å². The zero-order chi connectivity index (χ0) is 12.3. The van der Waals surface area contributed by atoms with Crippen molar-refractivity contribution >= 4 is 0 Å². The predicted molar refractivity (Wildman–Crippen MR) is 68.2 cm³/mol. The maximum atomic E-state index is 8.75. The molecule has 0 bridgehead atoms. The summed E-state index contributed by atoms with van der Waals surface area (Å²) < 4.78 is 0. The average Bonchev–Trinajstić information content (AvgIpc) is 2.34. The summed E-state index contributed by atoms with van der Waals surface area (Å²) in [7, 11) is 0. The molecular weight excluding hydrogens is 210 g/mol. The van der Waals surface area contributed by atoms with Crippen molar-refractivity contribution < 1.29 is 0 Å². The summed E-state index contributed by atoms with van der Waals surface area (Å²) in [6, 6.07) is 9.85. The first-order chi connectivity index (χ1) is 8.14. The minimum Gasteiger partial charge on any atom is -0.326 e. The molecule has 0 saturated heterocycles. The highest BCUT2D eigenvalue weighted by Crippen LogP contribution is 2.28. The number of hydrogen-bond donors (Lipinski definition) is 2. The molecular formula is C14H19N3. The highest BCUT2D eigenvalue weighted by Gasteiger charge is 2.34. The van der Waals surface area contributed by atoms with Crippen LogP contribution in [0.4, 0.5) is 0 Å². The maximum absolute atomic E-state index is 8.75. The highest BCUT2D eigenvalue weighted by molar-refractivity contribution is 5.32. The van der Waals surface area contributed by atoms with Gasteiger partial charge in [0.05, 0.1) is 11.6 Å². The van der Waals surface area contributed by atoms with Gasteiger partial charge in [0.25, 0.3) is 0 Å². The third-order valence-corrected chi connectivity index (χ3v) is 3.76. The Hall–Kier alpha value is -1.37. The van der Waals surface area contributed by atoms with Crippen molar-refractivity contribution in [3.63, 3.8) is 0 Å². The van der Waals surface area contributed by atoms with E-state index in [0.717, 1.165) is 19.3 Å². The Morgan fingerprint density at radius 1 is 1.29 bits per heavy atom. The smallest absolute Gasteiger partial charge is 0.0991 e. The third kappa shape index (κ3) is 2.66. The number of nitriles is 1. The highest BCUT2D eigenvalue weighted by atomic mass is 14.9. The molecule has 2 unspecified atom stereocenters. The van der Waals surface area contributed by atoms with Crippen LogP contribution in [0, 0.1) is 11.3 Å². The molecule has 1 fully saturated rings. The lowest BCUT2D eigenvalue weighted by Gasteiger charge is -2.39. The van der Waals surface area contributed by atoms with E-state index in [-0.39, 0.29) is 11.6 Å². The van der Waals surface area contributed by atoms with E-state index in [4.69, 9.17) is 16.7 Å². The molecule has 3 heteroatoms. The molecule has 4 N–H and O–H groups in total. The van der Waals surface area contributed by atoms with Crippen LogP contribution in [0.15, 0.2) is 24.3 Å². The molecule has 0 aliphatic heterocycles. The van der Waals surface area contributed by atoms with Crippen LogP contribution in [-0.2, 0) is 6.42 Å². The van der Waals surface area contributed by atoms with Crippen LogP contribution in [0.2, 0.25) is 0 Å². The van der Waals surface area contributed by atoms with Gasteiger partial charge in [-0.15, -0.1) is 0 Å². The Bertz CT molecular complexity index is 418. The first kappa shape index (κ1) is 12.1. The van der Waals surface area contributed by atoms with Gasteiger partial charge < -0.3 is 11.5 Å². The molecule has 2 rings (SSSR count). The fraction of sp³-hybridized carbons (Fsp3) is 0.500. The van der Waals surface area contributed by atoms with Crippen molar-refractivity contribution in [2.24, 2.45) is 11.5 Å². The molecule has 0 radical (unpaired) electrons. The van der Waals surface area contributed by atoms with E-state index in [1.807, 2.05) is 24.3 Å². The summed E-state index contributed by atoms with van der Waals surface area (Å²) in [6.45, 7) is 0. The van der Waals surface area contributed by atoms with Crippen molar-refractivity contribution in [2.75, 3.05) is 0 Å². The summed E-state index contributed by atoms with van der Waals surface area (Å²) >= 11 is 0. The number of benzene rings is 1. The van der Waals surface area contributed by atoms with Crippen LogP contribution in [0.25, 0.3) is 0 Å². The van der Waals surface area contributed by atoms with E-state index in [9.17, 15) is 0 Å². The van der Waals surface area contributed by atoms with Crippen molar-refractivity contribution in [2.45, 2.75) is 43.7 Å². The van der Waals surface area contributed by atoms with Crippen LogP contribution >= 0.6 is 0 Å². The molecule has 1 saturated carbocycles. The Labute approximate surface area is 102 Å². The monoisotopic (exact) mass is 229 g/mol. The van der Waals surface area contributed by atoms with E-state index >= 15 is 0 Å². The van der Waals surface area contributed by atoms with Crippen LogP contribution in [0.1, 0.15) is 36.8 Å². The molecule has 3 nitrogen and oxygen atoms in total. The minimum absolute atomic E-state index is 0.0897. The molecule has 1 aromatic rings. The van der Waals surface area contributed by atoms with Gasteiger partial charge in [0.15, 0.2) is 0 Å². The Morgan fingerprint density at radius 2 is 2.00 bits per heavy atom. The fourth-order valence-corrected chi connectivity index (χ4v) is 2.59. The van der Waals surface area contributed by atoms with Gasteiger partial charge in [-0.1, -0.05) is 25.0 Å². The number of nitrogens with zero attached hydrogens (tertiary/aromatic N) is 1. The molecule has 2 atom stereocenters. The summed E-state index contributed by atoms with van der Waals surface area (Å²) in [5.74, 6) is 0. The lowest BCUT2D eigenvalue weighted by molar-refractivity contribution is 0.251. The molecule has 1 aliphatic carbocycles. The molecule has 17 heavy (non-hydrogen) atoms. The summed E-state index contributed by atoms with van der Waals surface area (Å²) in [5.41, 5.74) is 14.1. The summed E-state index contributed by atoms with van der Waals surface area (Å²) in [6.07, 6.45) is 5.18. The average molecular weight is 229 g/mol. The first-order valence-electron chi connectivity index (χ1n) is 6.17. The first-order valence-corrected chi connectivity index (χ1v) is 6.17. The van der Waals surface area contributed by atoms with Gasteiger partial charge in [-0.2, -0.15) is 5.26 Å². The Morgan fingerprint density at radius 3 is 2.59 bits per heavy atom. The third-order valence-electron chi connectivity index (χ3n) is 3.76. The van der Waals surface area contributed by atoms with Gasteiger partial charge in [-0.25, -0.2) is 0 Å².